The third-order valence-electron chi connectivity index (χ3n) is 5.33. The van der Waals surface area contributed by atoms with Crippen molar-refractivity contribution in [1.29, 1.82) is 0 Å². The van der Waals surface area contributed by atoms with E-state index in [0.29, 0.717) is 5.56 Å². The van der Waals surface area contributed by atoms with Gasteiger partial charge in [0.15, 0.2) is 5.78 Å². The number of ketones is 1. The van der Waals surface area contributed by atoms with Gasteiger partial charge in [-0.1, -0.05) is 26.0 Å². The molecule has 1 aromatic rings. The fourth-order valence-corrected chi connectivity index (χ4v) is 4.04. The summed E-state index contributed by atoms with van der Waals surface area (Å²) in [6, 6.07) is 5.00. The maximum atomic E-state index is 13.9. The summed E-state index contributed by atoms with van der Waals surface area (Å²) >= 11 is 0. The average molecular weight is 436 g/mol. The summed E-state index contributed by atoms with van der Waals surface area (Å²) in [5.74, 6) is -2.28. The quantitative estimate of drug-likeness (QED) is 0.568. The molecular weight excluding hydrogens is 417 g/mol. The third-order valence-corrected chi connectivity index (χ3v) is 5.33. The van der Waals surface area contributed by atoms with Crippen LogP contribution in [-0.4, -0.2) is 34.4 Å². The van der Waals surface area contributed by atoms with Crippen LogP contribution >= 0.6 is 0 Å². The molecule has 1 aromatic carbocycles. The molecule has 10 heteroatoms. The number of hydrogen-bond donors (Lipinski definition) is 0. The van der Waals surface area contributed by atoms with Crippen LogP contribution in [0.15, 0.2) is 40.5 Å². The van der Waals surface area contributed by atoms with Gasteiger partial charge in [0, 0.05) is 18.7 Å². The first kappa shape index (κ1) is 22.3. The first-order valence-corrected chi connectivity index (χ1v) is 9.08. The van der Waals surface area contributed by atoms with Gasteiger partial charge in [-0.2, -0.15) is 26.3 Å². The van der Waals surface area contributed by atoms with Gasteiger partial charge >= 0.3 is 12.4 Å². The van der Waals surface area contributed by atoms with Gasteiger partial charge in [0.1, 0.15) is 11.7 Å². The highest BCUT2D eigenvalue weighted by Crippen LogP contribution is 2.56. The topological polar surface area (TPSA) is 32.7 Å². The predicted molar refractivity (Wildman–Crippen MR) is 94.9 cm³/mol. The Labute approximate surface area is 168 Å². The van der Waals surface area contributed by atoms with Crippen LogP contribution in [0.4, 0.5) is 30.7 Å². The molecule has 1 aliphatic heterocycles. The van der Waals surface area contributed by atoms with E-state index in [-0.39, 0.29) is 18.7 Å². The number of carbonyl (C=O) groups excluding carboxylic acids is 1. The zero-order chi connectivity index (χ0) is 22.7. The van der Waals surface area contributed by atoms with Crippen molar-refractivity contribution in [1.82, 2.24) is 4.90 Å². The summed E-state index contributed by atoms with van der Waals surface area (Å²) in [7, 11) is 0. The average Bonchev–Trinajstić information content (AvgIpc) is 2.55. The van der Waals surface area contributed by atoms with Crippen molar-refractivity contribution < 1.29 is 35.5 Å². The minimum absolute atomic E-state index is 0.149. The van der Waals surface area contributed by atoms with E-state index in [1.165, 1.54) is 17.0 Å². The monoisotopic (exact) mass is 436 g/mol. The number of carbonyl (C=O) groups is 1. The number of hydrogen-bond acceptors (Lipinski definition) is 3. The van der Waals surface area contributed by atoms with Crippen LogP contribution in [0, 0.1) is 11.2 Å². The summed E-state index contributed by atoms with van der Waals surface area (Å²) in [5.41, 5.74) is -6.71. The van der Waals surface area contributed by atoms with Crippen molar-refractivity contribution in [2.24, 2.45) is 10.4 Å². The second-order valence-electron chi connectivity index (χ2n) is 8.34. The summed E-state index contributed by atoms with van der Waals surface area (Å²) in [4.78, 5) is 17.0. The van der Waals surface area contributed by atoms with Crippen molar-refractivity contribution in [2.45, 2.75) is 58.0 Å². The molecule has 3 nitrogen and oxygen atoms in total. The van der Waals surface area contributed by atoms with Gasteiger partial charge in [-0.15, -0.1) is 0 Å². The second-order valence-corrected chi connectivity index (χ2v) is 8.34. The molecule has 164 valence electrons. The minimum Gasteiger partial charge on any atom is -0.329 e. The highest BCUT2D eigenvalue weighted by Gasteiger charge is 2.76. The van der Waals surface area contributed by atoms with Gasteiger partial charge < -0.3 is 4.90 Å². The first-order valence-electron chi connectivity index (χ1n) is 9.08. The highest BCUT2D eigenvalue weighted by atomic mass is 19.4. The molecule has 1 heterocycles. The smallest absolute Gasteiger partial charge is 0.329 e. The summed E-state index contributed by atoms with van der Waals surface area (Å²) in [6.07, 6.45) is -12.3. The fourth-order valence-electron chi connectivity index (χ4n) is 4.04. The Morgan fingerprint density at radius 3 is 2.03 bits per heavy atom. The molecule has 0 radical (unpaired) electrons. The van der Waals surface area contributed by atoms with Crippen LogP contribution in [-0.2, 0) is 11.3 Å². The van der Waals surface area contributed by atoms with Crippen molar-refractivity contribution in [3.8, 4) is 0 Å². The zero-order valence-corrected chi connectivity index (χ0v) is 16.4. The van der Waals surface area contributed by atoms with Gasteiger partial charge in [-0.3, -0.25) is 4.79 Å². The number of rotatable bonds is 2. The molecule has 0 saturated carbocycles. The van der Waals surface area contributed by atoms with E-state index in [4.69, 9.17) is 0 Å². The number of aliphatic imine (C=N–C) groups is 1. The molecule has 2 aliphatic rings. The number of benzene rings is 1. The van der Waals surface area contributed by atoms with Crippen molar-refractivity contribution in [3.63, 3.8) is 0 Å². The Kier molecular flexibility index (Phi) is 5.06. The number of halogens is 7. The van der Waals surface area contributed by atoms with Crippen LogP contribution in [0.2, 0.25) is 0 Å². The standard InChI is InChI=1S/C20H19F7N2O/c1-11-28-18(19(22,23)24,20(25,26)27)16-14(8-17(2,3)9-15(16)30)29(11)10-12-4-6-13(21)7-5-12/h4-7H,8-10H2,1-3H3. The Morgan fingerprint density at radius 2 is 1.53 bits per heavy atom. The summed E-state index contributed by atoms with van der Waals surface area (Å²) in [5, 5.41) is 0. The van der Waals surface area contributed by atoms with E-state index in [1.54, 1.807) is 13.8 Å². The van der Waals surface area contributed by atoms with Crippen molar-refractivity contribution in [2.75, 3.05) is 0 Å². The van der Waals surface area contributed by atoms with Crippen LogP contribution in [0.25, 0.3) is 0 Å². The predicted octanol–water partition coefficient (Wildman–Crippen LogP) is 5.57. The fraction of sp³-hybridized carbons (Fsp3) is 0.500. The van der Waals surface area contributed by atoms with E-state index in [0.717, 1.165) is 19.1 Å². The van der Waals surface area contributed by atoms with Crippen molar-refractivity contribution in [3.05, 3.63) is 46.9 Å². The Hall–Kier alpha value is -2.39. The third kappa shape index (κ3) is 3.50. The summed E-state index contributed by atoms with van der Waals surface area (Å²) in [6.45, 7) is 4.11. The van der Waals surface area contributed by atoms with Gasteiger partial charge in [0.2, 0.25) is 0 Å². The van der Waals surface area contributed by atoms with E-state index in [1.807, 2.05) is 0 Å². The van der Waals surface area contributed by atoms with Gasteiger partial charge in [-0.05, 0) is 36.5 Å². The lowest BCUT2D eigenvalue weighted by Gasteiger charge is -2.47. The largest absolute Gasteiger partial charge is 0.427 e. The van der Waals surface area contributed by atoms with Gasteiger partial charge in [0.05, 0.1) is 5.57 Å². The SMILES string of the molecule is CC1=NC(C(F)(F)F)(C(F)(F)F)C2=C(CC(C)(C)CC2=O)N1Cc1ccc(F)cc1. The van der Waals surface area contributed by atoms with Gasteiger partial charge in [-0.25, -0.2) is 9.38 Å². The lowest BCUT2D eigenvalue weighted by atomic mass is 9.69. The molecule has 0 spiro atoms. The van der Waals surface area contributed by atoms with Crippen LogP contribution < -0.4 is 0 Å². The first-order chi connectivity index (χ1) is 13.6. The normalized spacial score (nSPS) is 21.5. The molecule has 1 aliphatic carbocycles. The molecule has 0 atom stereocenters. The Morgan fingerprint density at radius 1 is 1.00 bits per heavy atom. The molecule has 0 bridgehead atoms. The molecule has 0 fully saturated rings. The summed E-state index contributed by atoms with van der Waals surface area (Å²) < 4.78 is 96.7. The molecule has 0 N–H and O–H groups in total. The molecule has 0 aromatic heterocycles. The second kappa shape index (κ2) is 6.81. The number of amidine groups is 1. The molecule has 0 unspecified atom stereocenters. The maximum absolute atomic E-state index is 13.9. The number of allylic oxidation sites excluding steroid dienone is 1. The lowest BCUT2D eigenvalue weighted by molar-refractivity contribution is -0.283. The van der Waals surface area contributed by atoms with Crippen LogP contribution in [0.1, 0.15) is 39.2 Å². The molecular formula is C20H19F7N2O. The number of nitrogens with zero attached hydrogens (tertiary/aromatic N) is 2. The lowest BCUT2D eigenvalue weighted by Crippen LogP contribution is -2.63. The highest BCUT2D eigenvalue weighted by molar-refractivity contribution is 6.03. The molecule has 3 rings (SSSR count). The molecule has 0 amide bonds. The molecule has 30 heavy (non-hydrogen) atoms. The molecule has 0 saturated heterocycles. The minimum atomic E-state index is -5.85. The van der Waals surface area contributed by atoms with Gasteiger partial charge in [0.25, 0.3) is 5.54 Å². The number of alkyl halides is 6. The van der Waals surface area contributed by atoms with Crippen LogP contribution in [0.5, 0.6) is 0 Å². The Balaban J connectivity index is 2.26. The van der Waals surface area contributed by atoms with Crippen molar-refractivity contribution >= 4 is 11.6 Å². The maximum Gasteiger partial charge on any atom is 0.427 e. The van der Waals surface area contributed by atoms with E-state index in [2.05, 4.69) is 4.99 Å². The zero-order valence-electron chi connectivity index (χ0n) is 16.4. The Bertz CT molecular complexity index is 910. The number of Topliss-reactive ketones (excluding diaryl/α,β-unsaturated/α-hetero) is 1. The van der Waals surface area contributed by atoms with Crippen LogP contribution in [0.3, 0.4) is 0 Å². The van der Waals surface area contributed by atoms with E-state index in [9.17, 15) is 35.5 Å². The van der Waals surface area contributed by atoms with E-state index >= 15 is 0 Å². The van der Waals surface area contributed by atoms with E-state index < -0.39 is 52.7 Å².